The lowest BCUT2D eigenvalue weighted by molar-refractivity contribution is 0.149. The van der Waals surface area contributed by atoms with Crippen LogP contribution in [0.25, 0.3) is 0 Å². The molecule has 3 rings (SSSR count). The highest BCUT2D eigenvalue weighted by atomic mass is 35.5. The largest absolute Gasteiger partial charge is 0.496 e. The highest BCUT2D eigenvalue weighted by Gasteiger charge is 2.28. The van der Waals surface area contributed by atoms with Gasteiger partial charge in [-0.25, -0.2) is 0 Å². The lowest BCUT2D eigenvalue weighted by atomic mass is 10.0. The maximum absolute atomic E-state index is 5.67. The lowest BCUT2D eigenvalue weighted by Gasteiger charge is -2.37. The van der Waals surface area contributed by atoms with E-state index in [1.807, 2.05) is 24.3 Å². The van der Waals surface area contributed by atoms with Crippen molar-refractivity contribution in [2.45, 2.75) is 12.6 Å². The minimum Gasteiger partial charge on any atom is -0.496 e. The third kappa shape index (κ3) is 4.46. The van der Waals surface area contributed by atoms with E-state index in [0.717, 1.165) is 37.5 Å². The van der Waals surface area contributed by atoms with Crippen molar-refractivity contribution in [3.05, 3.63) is 47.5 Å². The van der Waals surface area contributed by atoms with Crippen molar-refractivity contribution in [3.63, 3.8) is 0 Å². The second-order valence-electron chi connectivity index (χ2n) is 6.43. The third-order valence-electron chi connectivity index (χ3n) is 5.01. The third-order valence-corrected chi connectivity index (χ3v) is 5.01. The van der Waals surface area contributed by atoms with Gasteiger partial charge in [-0.05, 0) is 12.1 Å². The number of nitrogens with one attached hydrogen (secondary N) is 1. The Balaban J connectivity index is 0.00000280. The average Bonchev–Trinajstić information content (AvgIpc) is 2.73. The molecule has 0 saturated carbocycles. The predicted molar refractivity (Wildman–Crippen MR) is 112 cm³/mol. The van der Waals surface area contributed by atoms with Crippen LogP contribution in [0.3, 0.4) is 0 Å². The van der Waals surface area contributed by atoms with E-state index >= 15 is 0 Å². The summed E-state index contributed by atoms with van der Waals surface area (Å²) in [5, 5.41) is 3.50. The first-order valence-corrected chi connectivity index (χ1v) is 9.09. The molecular formula is C21H29ClN2O4. The number of halogens is 1. The summed E-state index contributed by atoms with van der Waals surface area (Å²) in [5.41, 5.74) is 2.25. The predicted octanol–water partition coefficient (Wildman–Crippen LogP) is 3.29. The topological polar surface area (TPSA) is 52.2 Å². The molecule has 1 saturated heterocycles. The van der Waals surface area contributed by atoms with E-state index in [-0.39, 0.29) is 18.4 Å². The first-order chi connectivity index (χ1) is 13.2. The molecule has 0 spiro atoms. The Hall–Kier alpha value is -2.15. The van der Waals surface area contributed by atoms with Crippen molar-refractivity contribution < 1.29 is 18.9 Å². The lowest BCUT2D eigenvalue weighted by Crippen LogP contribution is -2.45. The van der Waals surface area contributed by atoms with Gasteiger partial charge in [0.25, 0.3) is 0 Å². The number of nitrogens with zero attached hydrogens (tertiary/aromatic N) is 1. The smallest absolute Gasteiger partial charge is 0.203 e. The minimum absolute atomic E-state index is 0. The van der Waals surface area contributed by atoms with E-state index in [1.54, 1.807) is 28.4 Å². The highest BCUT2D eigenvalue weighted by Crippen LogP contribution is 2.41. The van der Waals surface area contributed by atoms with E-state index in [0.29, 0.717) is 17.2 Å². The Labute approximate surface area is 173 Å². The number of hydrogen-bond acceptors (Lipinski definition) is 6. The first-order valence-electron chi connectivity index (χ1n) is 9.09. The number of benzene rings is 2. The van der Waals surface area contributed by atoms with Crippen LogP contribution in [0, 0.1) is 0 Å². The molecule has 0 amide bonds. The van der Waals surface area contributed by atoms with E-state index in [4.69, 9.17) is 18.9 Å². The number of piperazine rings is 1. The number of para-hydroxylation sites is 1. The monoisotopic (exact) mass is 408 g/mol. The van der Waals surface area contributed by atoms with Gasteiger partial charge in [0.1, 0.15) is 5.75 Å². The van der Waals surface area contributed by atoms with Gasteiger partial charge in [0.15, 0.2) is 11.5 Å². The molecule has 28 heavy (non-hydrogen) atoms. The molecular weight excluding hydrogens is 380 g/mol. The molecule has 7 heteroatoms. The Morgan fingerprint density at radius 1 is 0.893 bits per heavy atom. The fraction of sp³-hybridized carbons (Fsp3) is 0.429. The Kier molecular flexibility index (Phi) is 8.23. The van der Waals surface area contributed by atoms with E-state index in [2.05, 4.69) is 22.3 Å². The average molecular weight is 409 g/mol. The van der Waals surface area contributed by atoms with Gasteiger partial charge in [0.2, 0.25) is 5.75 Å². The molecule has 1 atom stereocenters. The first kappa shape index (κ1) is 22.1. The molecule has 1 aliphatic rings. The van der Waals surface area contributed by atoms with Crippen LogP contribution in [-0.4, -0.2) is 53.0 Å². The summed E-state index contributed by atoms with van der Waals surface area (Å²) in [6.45, 7) is 3.49. The molecule has 6 nitrogen and oxygen atoms in total. The van der Waals surface area contributed by atoms with Crippen LogP contribution in [0.2, 0.25) is 0 Å². The fourth-order valence-corrected chi connectivity index (χ4v) is 3.69. The van der Waals surface area contributed by atoms with Crippen molar-refractivity contribution in [2.75, 3.05) is 48.1 Å². The van der Waals surface area contributed by atoms with Crippen LogP contribution in [0.15, 0.2) is 36.4 Å². The van der Waals surface area contributed by atoms with Gasteiger partial charge >= 0.3 is 0 Å². The summed E-state index contributed by atoms with van der Waals surface area (Å²) in [7, 11) is 6.64. The molecule has 1 fully saturated rings. The standard InChI is InChI=1S/C21H28N2O4.ClH/c1-24-18-8-6-5-7-16(18)17-13-22-11-12-23(17)14-15-9-10-19(25-2)21(27-4)20(15)26-3;/h5-10,17,22H,11-14H2,1-4H3;1H. The van der Waals surface area contributed by atoms with Gasteiger partial charge in [0, 0.05) is 37.3 Å². The summed E-state index contributed by atoms with van der Waals surface area (Å²) < 4.78 is 22.2. The molecule has 154 valence electrons. The summed E-state index contributed by atoms with van der Waals surface area (Å²) >= 11 is 0. The van der Waals surface area contributed by atoms with Crippen molar-refractivity contribution in [1.29, 1.82) is 0 Å². The summed E-state index contributed by atoms with van der Waals surface area (Å²) in [5.74, 6) is 2.92. The van der Waals surface area contributed by atoms with E-state index < -0.39 is 0 Å². The number of methoxy groups -OCH3 is 4. The van der Waals surface area contributed by atoms with Gasteiger partial charge < -0.3 is 24.3 Å². The molecule has 1 unspecified atom stereocenters. The Bertz CT molecular complexity index is 772. The molecule has 0 aliphatic carbocycles. The molecule has 0 radical (unpaired) electrons. The number of hydrogen-bond donors (Lipinski definition) is 1. The minimum atomic E-state index is 0. The molecule has 2 aromatic rings. The molecule has 1 heterocycles. The Morgan fingerprint density at radius 2 is 1.61 bits per heavy atom. The second-order valence-corrected chi connectivity index (χ2v) is 6.43. The number of rotatable bonds is 7. The number of ether oxygens (including phenoxy) is 4. The maximum atomic E-state index is 5.67. The molecule has 1 N–H and O–H groups in total. The fourth-order valence-electron chi connectivity index (χ4n) is 3.69. The molecule has 0 aromatic heterocycles. The Morgan fingerprint density at radius 3 is 2.29 bits per heavy atom. The zero-order valence-electron chi connectivity index (χ0n) is 16.9. The van der Waals surface area contributed by atoms with Crippen LogP contribution in [0.4, 0.5) is 0 Å². The SMILES string of the molecule is COc1ccccc1C1CNCCN1Cc1ccc(OC)c(OC)c1OC.Cl. The van der Waals surface area contributed by atoms with Gasteiger partial charge in [0.05, 0.1) is 34.5 Å². The normalized spacial score (nSPS) is 16.8. The van der Waals surface area contributed by atoms with Crippen LogP contribution in [-0.2, 0) is 6.54 Å². The second kappa shape index (κ2) is 10.4. The van der Waals surface area contributed by atoms with Gasteiger partial charge in [-0.3, -0.25) is 4.90 Å². The van der Waals surface area contributed by atoms with Crippen molar-refractivity contribution in [3.8, 4) is 23.0 Å². The van der Waals surface area contributed by atoms with E-state index in [9.17, 15) is 0 Å². The van der Waals surface area contributed by atoms with Crippen LogP contribution in [0.1, 0.15) is 17.2 Å². The summed E-state index contributed by atoms with van der Waals surface area (Å²) in [6.07, 6.45) is 0. The quantitative estimate of drug-likeness (QED) is 0.758. The zero-order valence-corrected chi connectivity index (χ0v) is 17.7. The van der Waals surface area contributed by atoms with Gasteiger partial charge in [-0.2, -0.15) is 0 Å². The summed E-state index contributed by atoms with van der Waals surface area (Å²) in [6, 6.07) is 12.4. The molecule has 1 aliphatic heterocycles. The van der Waals surface area contributed by atoms with Crippen molar-refractivity contribution in [1.82, 2.24) is 10.2 Å². The zero-order chi connectivity index (χ0) is 19.2. The van der Waals surface area contributed by atoms with Crippen LogP contribution >= 0.6 is 12.4 Å². The molecule has 0 bridgehead atoms. The van der Waals surface area contributed by atoms with E-state index in [1.165, 1.54) is 5.56 Å². The highest BCUT2D eigenvalue weighted by molar-refractivity contribution is 5.85. The van der Waals surface area contributed by atoms with Crippen LogP contribution < -0.4 is 24.3 Å². The van der Waals surface area contributed by atoms with Crippen molar-refractivity contribution in [2.24, 2.45) is 0 Å². The summed E-state index contributed by atoms with van der Waals surface area (Å²) in [4.78, 5) is 2.44. The van der Waals surface area contributed by atoms with Gasteiger partial charge in [-0.1, -0.05) is 24.3 Å². The van der Waals surface area contributed by atoms with Gasteiger partial charge in [-0.15, -0.1) is 12.4 Å². The molecule has 2 aromatic carbocycles. The maximum Gasteiger partial charge on any atom is 0.203 e. The van der Waals surface area contributed by atoms with Crippen molar-refractivity contribution >= 4 is 12.4 Å². The van der Waals surface area contributed by atoms with Crippen LogP contribution in [0.5, 0.6) is 23.0 Å².